The van der Waals surface area contributed by atoms with Gasteiger partial charge in [0.25, 0.3) is 0 Å². The Hall–Kier alpha value is -1.49. The summed E-state index contributed by atoms with van der Waals surface area (Å²) in [5, 5.41) is 255. The van der Waals surface area contributed by atoms with Crippen molar-refractivity contribution in [2.75, 3.05) is 52.9 Å². The van der Waals surface area contributed by atoms with E-state index in [1.807, 2.05) is 0 Å². The molecule has 28 N–H and O–H groups in total. The zero-order chi connectivity index (χ0) is 67.3. The van der Waals surface area contributed by atoms with Gasteiger partial charge in [-0.25, -0.2) is 4.57 Å². The monoisotopic (exact) mass is 1390 g/mol. The Kier molecular flexibility index (Phi) is 26.9. The second kappa shape index (κ2) is 32.4. The van der Waals surface area contributed by atoms with Crippen molar-refractivity contribution in [1.82, 2.24) is 6.15 Å². The third-order valence-corrected chi connectivity index (χ3v) is 17.6. The van der Waals surface area contributed by atoms with E-state index in [1.165, 1.54) is 0 Å². The quantitative estimate of drug-likeness (QED) is 0.0903. The molecule has 30 fully saturated rings. The molecule has 45 heteroatoms. The summed E-state index contributed by atoms with van der Waals surface area (Å²) in [6, 6.07) is 0. The summed E-state index contributed by atoms with van der Waals surface area (Å²) in [4.78, 5) is 19.2. The topological polar surface area (TPSA) is 715 Å². The van der Waals surface area contributed by atoms with Gasteiger partial charge in [-0.3, -0.25) is 4.52 Å². The molecule has 0 unspecified atom stereocenters. The van der Waals surface area contributed by atoms with Crippen molar-refractivity contribution in [3.05, 3.63) is 0 Å². The molecule has 44 nitrogen and oxygen atoms in total. The normalized spacial score (nSPS) is 53.1. The molecule has 30 aliphatic heterocycles. The van der Waals surface area contributed by atoms with Gasteiger partial charge in [-0.2, -0.15) is 0 Å². The highest BCUT2D eigenvalue weighted by molar-refractivity contribution is 7.46. The number of rotatable bonds is 10. The first-order valence-corrected chi connectivity index (χ1v) is 30.4. The molecular weight excluding hydrogens is 1310 g/mol. The van der Waals surface area contributed by atoms with Crippen LogP contribution in [0.3, 0.4) is 0 Å². The highest BCUT2D eigenvalue weighted by atomic mass is 31.2. The molecule has 0 aromatic carbocycles. The number of hydrogen-bond acceptors (Lipinski definition) is 42. The molecule has 30 heterocycles. The minimum atomic E-state index is -5.47. The minimum Gasteiger partial charge on any atom is -0.394 e. The molecule has 544 valence electrons. The second-order valence-electron chi connectivity index (χ2n) is 23.1. The molecule has 16 bridgehead atoms. The van der Waals surface area contributed by atoms with Crippen LogP contribution >= 0.6 is 7.82 Å². The predicted molar refractivity (Wildman–Crippen MR) is 277 cm³/mol. The van der Waals surface area contributed by atoms with E-state index in [4.69, 9.17) is 75.8 Å². The van der Waals surface area contributed by atoms with Crippen LogP contribution < -0.4 is 6.15 Å². The van der Waals surface area contributed by atoms with E-state index in [9.17, 15) is 132 Å². The predicted octanol–water partition coefficient (Wildman–Crippen LogP) is -17.1. The van der Waals surface area contributed by atoms with Crippen LogP contribution in [-0.4, -0.2) is 426 Å². The summed E-state index contributed by atoms with van der Waals surface area (Å²) in [6.45, 7) is -9.15. The van der Waals surface area contributed by atoms with Crippen LogP contribution in [0.25, 0.3) is 0 Å². The Morgan fingerprint density at radius 2 is 0.355 bits per heavy atom. The van der Waals surface area contributed by atoms with Crippen LogP contribution in [0.1, 0.15) is 0 Å². The number of phosphoric acid groups is 1. The highest BCUT2D eigenvalue weighted by Gasteiger charge is 2.60. The third-order valence-electron chi connectivity index (χ3n) is 17.1. The Morgan fingerprint density at radius 1 is 0.226 bits per heavy atom. The first-order chi connectivity index (χ1) is 43.5. The number of ether oxygens (including phenoxy) is 16. The van der Waals surface area contributed by atoms with E-state index in [2.05, 4.69) is 4.52 Å². The molecule has 0 amide bonds. The first-order valence-electron chi connectivity index (χ1n) is 28.9. The van der Waals surface area contributed by atoms with Gasteiger partial charge in [0.1, 0.15) is 195 Å². The Bertz CT molecular complexity index is 2330. The average Bonchev–Trinajstić information content (AvgIpc) is 0.784. The van der Waals surface area contributed by atoms with Gasteiger partial charge < -0.3 is 209 Å². The lowest BCUT2D eigenvalue weighted by atomic mass is 9.94. The summed E-state index contributed by atoms with van der Waals surface area (Å²) >= 11 is 0. The fraction of sp³-hybridized carbons (Fsp3) is 1.00. The number of hydrogen-bond donors (Lipinski definition) is 26. The zero-order valence-electron chi connectivity index (χ0n) is 48.4. The molecule has 40 atom stereocenters. The van der Waals surface area contributed by atoms with E-state index < -0.39 is 306 Å². The summed E-state index contributed by atoms with van der Waals surface area (Å²) in [6.07, 6.45) is -85.0. The van der Waals surface area contributed by atoms with Crippen molar-refractivity contribution >= 4 is 7.82 Å². The summed E-state index contributed by atoms with van der Waals surface area (Å²) < 4.78 is 108. The van der Waals surface area contributed by atoms with Crippen LogP contribution in [-0.2, 0) is 84.9 Å². The van der Waals surface area contributed by atoms with Crippen molar-refractivity contribution in [2.24, 2.45) is 0 Å². The lowest BCUT2D eigenvalue weighted by Gasteiger charge is -2.50. The second-order valence-corrected chi connectivity index (χ2v) is 24.3. The lowest BCUT2D eigenvalue weighted by Crippen LogP contribution is -2.69. The van der Waals surface area contributed by atoms with E-state index in [1.54, 1.807) is 0 Å². The van der Waals surface area contributed by atoms with Gasteiger partial charge in [-0.05, 0) is 0 Å². The maximum Gasteiger partial charge on any atom is 0.469 e. The van der Waals surface area contributed by atoms with Crippen LogP contribution in [0.15, 0.2) is 0 Å². The molecule has 0 spiro atoms. The SMILES string of the molecule is N.O=P(O)(O)OC[C@H]1O[C@@H]2O[C@H]3[C@H](O)[C@@H](O)[C@@H](O[C@H]4[C@H](O)[C@@H](O)[C@@H](O[C@H]5[C@H](O)[C@@H](O)[C@@H](O[C@H]6[C@H](O)[C@@H](O)[C@@H](O[C@H]7[C@H](O)[C@@H](O)[C@@H](O[C@H]8[C@H](O)[C@@H](O)[C@@H](O[C@H]9[C@H](O)[C@@H](O)[C@@H](O[C@H]1[C@H](O)[C@H]2O)O[C@@H]9CO)O[C@@H]8CO)O[C@@H]7CO)O[C@@H]6CO)O[C@@H]5CO)O[C@@H]4CO)O[C@@H]3CO. The van der Waals surface area contributed by atoms with Crippen molar-refractivity contribution < 1.29 is 212 Å². The zero-order valence-corrected chi connectivity index (χ0v) is 49.3. The van der Waals surface area contributed by atoms with Gasteiger partial charge in [0.05, 0.1) is 52.9 Å². The van der Waals surface area contributed by atoms with Gasteiger partial charge in [-0.1, -0.05) is 0 Å². The molecule has 93 heavy (non-hydrogen) atoms. The van der Waals surface area contributed by atoms with Gasteiger partial charge in [-0.15, -0.1) is 0 Å². The fourth-order valence-corrected chi connectivity index (χ4v) is 12.4. The largest absolute Gasteiger partial charge is 0.469 e. The Labute approximate surface area is 523 Å². The van der Waals surface area contributed by atoms with Gasteiger partial charge in [0, 0.05) is 0 Å². The van der Waals surface area contributed by atoms with E-state index >= 15 is 0 Å². The van der Waals surface area contributed by atoms with Crippen LogP contribution in [0.5, 0.6) is 0 Å². The van der Waals surface area contributed by atoms with Gasteiger partial charge >= 0.3 is 7.82 Å². The van der Waals surface area contributed by atoms with Crippen LogP contribution in [0.2, 0.25) is 0 Å². The summed E-state index contributed by atoms with van der Waals surface area (Å²) in [7, 11) is -5.47. The first kappa shape index (κ1) is 77.3. The molecule has 30 aliphatic rings. The molecule has 30 rings (SSSR count). The summed E-state index contributed by atoms with van der Waals surface area (Å²) in [5.74, 6) is 0. The van der Waals surface area contributed by atoms with Crippen LogP contribution in [0.4, 0.5) is 0 Å². The number of phosphoric ester groups is 1. The molecule has 0 aromatic rings. The molecule has 30 saturated heterocycles. The van der Waals surface area contributed by atoms with E-state index in [0.29, 0.717) is 0 Å². The van der Waals surface area contributed by atoms with Gasteiger partial charge in [0.15, 0.2) is 50.3 Å². The Balaban J connectivity index is 0.0000111. The van der Waals surface area contributed by atoms with Crippen molar-refractivity contribution in [3.8, 4) is 0 Å². The average molecular weight is 1390 g/mol. The van der Waals surface area contributed by atoms with E-state index in [0.717, 1.165) is 0 Å². The Morgan fingerprint density at radius 3 is 0.484 bits per heavy atom. The van der Waals surface area contributed by atoms with Crippen molar-refractivity contribution in [3.63, 3.8) is 0 Å². The molecule has 0 aliphatic carbocycles. The van der Waals surface area contributed by atoms with Crippen LogP contribution in [0, 0.1) is 0 Å². The lowest BCUT2D eigenvalue weighted by molar-refractivity contribution is -0.404. The fourth-order valence-electron chi connectivity index (χ4n) is 12.1. The number of aliphatic hydroxyl groups is 23. The highest BCUT2D eigenvalue weighted by Crippen LogP contribution is 2.42. The van der Waals surface area contributed by atoms with Gasteiger partial charge in [0.2, 0.25) is 0 Å². The van der Waals surface area contributed by atoms with Crippen molar-refractivity contribution in [1.29, 1.82) is 0 Å². The maximum absolute atomic E-state index is 12.0. The molecule has 0 aromatic heterocycles. The molecule has 0 saturated carbocycles. The smallest absolute Gasteiger partial charge is 0.394 e. The molecule has 0 radical (unpaired) electrons. The number of aliphatic hydroxyl groups excluding tert-OH is 23. The van der Waals surface area contributed by atoms with Crippen molar-refractivity contribution in [2.45, 2.75) is 246 Å². The standard InChI is InChI=1S/C48H81O43P.H3N/c49-1-9-33-17(56)25(64)41(76-9)85-34-10(2-50)78-43(27(66)19(34)58)87-36-12(4-52)80-45(29(68)21(36)60)89-38-14(6-54)82-47(31(70)23(38)62)91-40-16(8-75-92(72,73)74)83-48(32(71)24(40)63)90-39-15(7-55)81-46(30(69)22(39)61)88-37-13(5-53)79-44(28(67)20(37)59)86-35-11(3-51)77-42(84-33)26(65)18(35)57;/h9-71H,1-8H2,(H2,72,73,74);1H3/t9-,10-,11-,12-,13-,14-,15-,16-,17-,18-,19-,20-,21-,22-,23-,24-,25-,26-,27-,28-,29-,30-,31-,32-,33-,34-,35-,36-,37-,38-,39-,40-,41-,42-,43-,44-,45-,46-,47-,48-;/m1./s1. The maximum atomic E-state index is 12.0. The molecular formula is C48H84NO43P. The third kappa shape index (κ3) is 16.0. The minimum absolute atomic E-state index is 0. The summed E-state index contributed by atoms with van der Waals surface area (Å²) in [5.41, 5.74) is 0. The van der Waals surface area contributed by atoms with E-state index in [-0.39, 0.29) is 6.15 Å².